The zero-order valence-corrected chi connectivity index (χ0v) is 22.7. The molecule has 1 aromatic heterocycles. The number of nitro benzene ring substituents is 1. The van der Waals surface area contributed by atoms with Gasteiger partial charge in [-0.15, -0.1) is 0 Å². The lowest BCUT2D eigenvalue weighted by atomic mass is 10.1. The molecule has 3 aromatic carbocycles. The Hall–Kier alpha value is -4.92. The lowest BCUT2D eigenvalue weighted by molar-refractivity contribution is -0.384. The van der Waals surface area contributed by atoms with E-state index in [1.807, 2.05) is 56.3 Å². The third-order valence-corrected chi connectivity index (χ3v) is 7.33. The van der Waals surface area contributed by atoms with Crippen molar-refractivity contribution in [3.63, 3.8) is 0 Å². The molecule has 204 valence electrons. The van der Waals surface area contributed by atoms with Gasteiger partial charge in [0.05, 0.1) is 23.3 Å². The number of amides is 2. The maximum atomic E-state index is 13.8. The molecule has 1 aliphatic rings. The van der Waals surface area contributed by atoms with E-state index in [0.717, 1.165) is 34.0 Å². The van der Waals surface area contributed by atoms with Crippen molar-refractivity contribution < 1.29 is 19.2 Å². The topological polar surface area (TPSA) is 97.9 Å². The standard InChI is InChI=1S/C31H30N4O5/c1-21-4-10-25(11-5-21)34-22(2)28(20-29(34)23-8-14-27(40-3)15-9-23)31(37)33-18-16-32(17-19-33)30(36)24-6-12-26(13-7-24)35(38)39/h4-15,20H,16-19H2,1-3H3. The van der Waals surface area contributed by atoms with Gasteiger partial charge in [0.2, 0.25) is 0 Å². The van der Waals surface area contributed by atoms with Crippen LogP contribution in [-0.2, 0) is 0 Å². The van der Waals surface area contributed by atoms with E-state index in [9.17, 15) is 19.7 Å². The molecule has 0 spiro atoms. The summed E-state index contributed by atoms with van der Waals surface area (Å²) in [5.41, 5.74) is 5.75. The molecule has 0 bridgehead atoms. The molecule has 0 atom stereocenters. The van der Waals surface area contributed by atoms with Crippen LogP contribution in [-0.4, -0.2) is 64.4 Å². The first-order chi connectivity index (χ1) is 19.3. The third kappa shape index (κ3) is 5.18. The Morgan fingerprint density at radius 2 is 1.38 bits per heavy atom. The molecule has 2 amide bonds. The van der Waals surface area contributed by atoms with Gasteiger partial charge in [0.15, 0.2) is 0 Å². The van der Waals surface area contributed by atoms with Crippen molar-refractivity contribution in [3.05, 3.63) is 111 Å². The van der Waals surface area contributed by atoms with Gasteiger partial charge >= 0.3 is 0 Å². The summed E-state index contributed by atoms with van der Waals surface area (Å²) in [7, 11) is 1.63. The molecule has 9 nitrogen and oxygen atoms in total. The third-order valence-electron chi connectivity index (χ3n) is 7.33. The Balaban J connectivity index is 1.38. The van der Waals surface area contributed by atoms with Crippen molar-refractivity contribution in [2.45, 2.75) is 13.8 Å². The summed E-state index contributed by atoms with van der Waals surface area (Å²) in [4.78, 5) is 40.6. The molecule has 40 heavy (non-hydrogen) atoms. The number of piperazine rings is 1. The number of carbonyl (C=O) groups is 2. The van der Waals surface area contributed by atoms with Crippen molar-refractivity contribution in [1.29, 1.82) is 0 Å². The van der Waals surface area contributed by atoms with Crippen molar-refractivity contribution in [2.75, 3.05) is 33.3 Å². The van der Waals surface area contributed by atoms with Crippen LogP contribution >= 0.6 is 0 Å². The summed E-state index contributed by atoms with van der Waals surface area (Å²) in [6, 6.07) is 23.5. The fraction of sp³-hybridized carbons (Fsp3) is 0.226. The number of aromatic nitrogens is 1. The molecule has 1 saturated heterocycles. The Morgan fingerprint density at radius 1 is 0.800 bits per heavy atom. The summed E-state index contributed by atoms with van der Waals surface area (Å²) >= 11 is 0. The fourth-order valence-electron chi connectivity index (χ4n) is 5.02. The largest absolute Gasteiger partial charge is 0.497 e. The van der Waals surface area contributed by atoms with Gasteiger partial charge in [0, 0.05) is 55.3 Å². The number of aryl methyl sites for hydroxylation is 1. The number of hydrogen-bond donors (Lipinski definition) is 0. The minimum atomic E-state index is -0.493. The summed E-state index contributed by atoms with van der Waals surface area (Å²) in [5, 5.41) is 10.9. The average Bonchev–Trinajstić information content (AvgIpc) is 3.33. The van der Waals surface area contributed by atoms with E-state index >= 15 is 0 Å². The van der Waals surface area contributed by atoms with Gasteiger partial charge in [-0.1, -0.05) is 17.7 Å². The lowest BCUT2D eigenvalue weighted by Crippen LogP contribution is -2.50. The van der Waals surface area contributed by atoms with E-state index in [0.29, 0.717) is 37.3 Å². The number of rotatable bonds is 6. The van der Waals surface area contributed by atoms with Gasteiger partial charge in [-0.25, -0.2) is 0 Å². The van der Waals surface area contributed by atoms with Crippen LogP contribution in [0.5, 0.6) is 5.75 Å². The van der Waals surface area contributed by atoms with E-state index in [4.69, 9.17) is 4.74 Å². The van der Waals surface area contributed by atoms with Crippen LogP contribution in [0.4, 0.5) is 5.69 Å². The summed E-state index contributed by atoms with van der Waals surface area (Å²) in [5.74, 6) is 0.470. The van der Waals surface area contributed by atoms with Crippen molar-refractivity contribution in [1.82, 2.24) is 14.4 Å². The highest BCUT2D eigenvalue weighted by molar-refractivity contribution is 5.98. The van der Waals surface area contributed by atoms with Crippen LogP contribution in [0, 0.1) is 24.0 Å². The maximum Gasteiger partial charge on any atom is 0.269 e. The molecule has 9 heteroatoms. The van der Waals surface area contributed by atoms with Crippen LogP contribution < -0.4 is 4.74 Å². The van der Waals surface area contributed by atoms with Crippen LogP contribution in [0.2, 0.25) is 0 Å². The number of ether oxygens (including phenoxy) is 1. The van der Waals surface area contributed by atoms with Crippen LogP contribution in [0.15, 0.2) is 78.9 Å². The molecule has 0 radical (unpaired) electrons. The molecular weight excluding hydrogens is 508 g/mol. The average molecular weight is 539 g/mol. The Labute approximate surface area is 232 Å². The van der Waals surface area contributed by atoms with E-state index in [1.165, 1.54) is 24.3 Å². The Morgan fingerprint density at radius 3 is 1.93 bits per heavy atom. The van der Waals surface area contributed by atoms with E-state index < -0.39 is 4.92 Å². The first-order valence-electron chi connectivity index (χ1n) is 13.0. The highest BCUT2D eigenvalue weighted by Gasteiger charge is 2.28. The van der Waals surface area contributed by atoms with Crippen molar-refractivity contribution >= 4 is 17.5 Å². The summed E-state index contributed by atoms with van der Waals surface area (Å²) in [6.07, 6.45) is 0. The molecule has 0 unspecified atom stereocenters. The highest BCUT2D eigenvalue weighted by Crippen LogP contribution is 2.32. The number of benzene rings is 3. The predicted octanol–water partition coefficient (Wildman–Crippen LogP) is 5.28. The van der Waals surface area contributed by atoms with Gasteiger partial charge in [-0.05, 0) is 74.0 Å². The fourth-order valence-corrected chi connectivity index (χ4v) is 5.02. The molecule has 5 rings (SSSR count). The van der Waals surface area contributed by atoms with Gasteiger partial charge in [-0.3, -0.25) is 19.7 Å². The maximum absolute atomic E-state index is 13.8. The molecule has 1 aliphatic heterocycles. The zero-order chi connectivity index (χ0) is 28.4. The minimum Gasteiger partial charge on any atom is -0.497 e. The number of non-ortho nitro benzene ring substituents is 1. The van der Waals surface area contributed by atoms with Gasteiger partial charge < -0.3 is 19.1 Å². The SMILES string of the molecule is COc1ccc(-c2cc(C(=O)N3CCN(C(=O)c4ccc([N+](=O)[O-])cc4)CC3)c(C)n2-c2ccc(C)cc2)cc1. The van der Waals surface area contributed by atoms with E-state index in [1.54, 1.807) is 16.9 Å². The van der Waals surface area contributed by atoms with Gasteiger partial charge in [-0.2, -0.15) is 0 Å². The normalized spacial score (nSPS) is 13.3. The number of nitrogens with zero attached hydrogens (tertiary/aromatic N) is 4. The van der Waals surface area contributed by atoms with Gasteiger partial charge in [0.25, 0.3) is 17.5 Å². The molecule has 4 aromatic rings. The second kappa shape index (κ2) is 11.1. The minimum absolute atomic E-state index is 0.0612. The number of hydrogen-bond acceptors (Lipinski definition) is 5. The zero-order valence-electron chi connectivity index (χ0n) is 22.7. The summed E-state index contributed by atoms with van der Waals surface area (Å²) < 4.78 is 7.43. The quantitative estimate of drug-likeness (QED) is 0.246. The lowest BCUT2D eigenvalue weighted by Gasteiger charge is -2.34. The molecule has 0 N–H and O–H groups in total. The number of methoxy groups -OCH3 is 1. The van der Waals surface area contributed by atoms with Crippen LogP contribution in [0.1, 0.15) is 32.0 Å². The number of carbonyl (C=O) groups excluding carboxylic acids is 2. The van der Waals surface area contributed by atoms with Crippen molar-refractivity contribution in [2.24, 2.45) is 0 Å². The van der Waals surface area contributed by atoms with Crippen LogP contribution in [0.25, 0.3) is 16.9 Å². The predicted molar refractivity (Wildman–Crippen MR) is 152 cm³/mol. The van der Waals surface area contributed by atoms with E-state index in [2.05, 4.69) is 16.7 Å². The smallest absolute Gasteiger partial charge is 0.269 e. The molecule has 0 saturated carbocycles. The summed E-state index contributed by atoms with van der Waals surface area (Å²) in [6.45, 7) is 5.54. The second-order valence-corrected chi connectivity index (χ2v) is 9.82. The molecule has 2 heterocycles. The van der Waals surface area contributed by atoms with E-state index in [-0.39, 0.29) is 17.5 Å². The Kier molecular flexibility index (Phi) is 7.37. The highest BCUT2D eigenvalue weighted by atomic mass is 16.6. The second-order valence-electron chi connectivity index (χ2n) is 9.82. The monoisotopic (exact) mass is 538 g/mol. The van der Waals surface area contributed by atoms with Crippen molar-refractivity contribution in [3.8, 4) is 22.7 Å². The first kappa shape index (κ1) is 26.7. The first-order valence-corrected chi connectivity index (χ1v) is 13.0. The molecular formula is C31H30N4O5. The number of nitro groups is 1. The molecule has 1 fully saturated rings. The molecule has 0 aliphatic carbocycles. The Bertz CT molecular complexity index is 1550. The van der Waals surface area contributed by atoms with Crippen LogP contribution in [0.3, 0.4) is 0 Å². The van der Waals surface area contributed by atoms with Gasteiger partial charge in [0.1, 0.15) is 5.75 Å².